The molecule has 1 aromatic carbocycles. The molecule has 0 aromatic heterocycles. The Morgan fingerprint density at radius 1 is 1.47 bits per heavy atom. The number of ketones is 1. The molecule has 0 radical (unpaired) electrons. The molecule has 0 aliphatic rings. The fraction of sp³-hybridized carbons (Fsp3) is 0.385. The predicted molar refractivity (Wildman–Crippen MR) is 66.3 cm³/mol. The van der Waals surface area contributed by atoms with Gasteiger partial charge in [0, 0.05) is 30.2 Å². The lowest BCUT2D eigenvalue weighted by Gasteiger charge is -2.07. The van der Waals surface area contributed by atoms with E-state index in [0.717, 1.165) is 0 Å². The van der Waals surface area contributed by atoms with Crippen LogP contribution < -0.4 is 10.5 Å². The molecule has 0 heterocycles. The van der Waals surface area contributed by atoms with Crippen LogP contribution in [-0.2, 0) is 4.79 Å². The number of nitrogen functional groups attached to an aromatic ring is 1. The van der Waals surface area contributed by atoms with Gasteiger partial charge < -0.3 is 10.5 Å². The van der Waals surface area contributed by atoms with Gasteiger partial charge in [-0.25, -0.2) is 0 Å². The summed E-state index contributed by atoms with van der Waals surface area (Å²) in [5.41, 5.74) is 6.50. The first-order valence-electron chi connectivity index (χ1n) is 5.66. The summed E-state index contributed by atoms with van der Waals surface area (Å²) in [6.07, 6.45) is 2.51. The first-order chi connectivity index (χ1) is 8.17. The van der Waals surface area contributed by atoms with Gasteiger partial charge in [-0.1, -0.05) is 6.92 Å². The third-order valence-corrected chi connectivity index (χ3v) is 2.45. The Morgan fingerprint density at radius 3 is 2.82 bits per heavy atom. The highest BCUT2D eigenvalue weighted by Crippen LogP contribution is 2.18. The van der Waals surface area contributed by atoms with E-state index in [0.29, 0.717) is 49.2 Å². The average molecular weight is 235 g/mol. The van der Waals surface area contributed by atoms with Crippen molar-refractivity contribution in [2.24, 2.45) is 0 Å². The average Bonchev–Trinajstić information content (AvgIpc) is 2.34. The zero-order valence-electron chi connectivity index (χ0n) is 9.94. The summed E-state index contributed by atoms with van der Waals surface area (Å²) < 4.78 is 5.43. The number of benzene rings is 1. The van der Waals surface area contributed by atoms with E-state index in [1.54, 1.807) is 18.2 Å². The van der Waals surface area contributed by atoms with E-state index < -0.39 is 0 Å². The van der Waals surface area contributed by atoms with Crippen LogP contribution in [-0.4, -0.2) is 18.7 Å². The lowest BCUT2D eigenvalue weighted by Crippen LogP contribution is -2.03. The molecule has 4 nitrogen and oxygen atoms in total. The summed E-state index contributed by atoms with van der Waals surface area (Å²) in [6, 6.07) is 4.93. The van der Waals surface area contributed by atoms with Gasteiger partial charge in [-0.2, -0.15) is 0 Å². The molecule has 92 valence electrons. The van der Waals surface area contributed by atoms with Crippen molar-refractivity contribution in [1.29, 1.82) is 0 Å². The van der Waals surface area contributed by atoms with Gasteiger partial charge in [0.25, 0.3) is 0 Å². The third kappa shape index (κ3) is 4.26. The van der Waals surface area contributed by atoms with Crippen molar-refractivity contribution in [2.75, 3.05) is 12.3 Å². The van der Waals surface area contributed by atoms with Crippen LogP contribution in [0.4, 0.5) is 5.69 Å². The van der Waals surface area contributed by atoms with Gasteiger partial charge in [-0.3, -0.25) is 9.59 Å². The van der Waals surface area contributed by atoms with Crippen molar-refractivity contribution in [3.8, 4) is 5.75 Å². The molecule has 0 atom stereocenters. The maximum absolute atomic E-state index is 11.0. The first kappa shape index (κ1) is 13.2. The number of nitrogens with two attached hydrogens (primary N) is 1. The number of rotatable bonds is 7. The highest BCUT2D eigenvalue weighted by atomic mass is 16.5. The Morgan fingerprint density at radius 2 is 2.24 bits per heavy atom. The van der Waals surface area contributed by atoms with Crippen molar-refractivity contribution >= 4 is 17.8 Å². The quantitative estimate of drug-likeness (QED) is 0.447. The second-order valence-corrected chi connectivity index (χ2v) is 3.75. The van der Waals surface area contributed by atoms with E-state index in [4.69, 9.17) is 10.5 Å². The molecular weight excluding hydrogens is 218 g/mol. The van der Waals surface area contributed by atoms with Crippen LogP contribution in [0.15, 0.2) is 18.2 Å². The molecule has 0 bridgehead atoms. The SMILES string of the molecule is CCC(=O)CCCOc1ccc(C=O)c(N)c1. The summed E-state index contributed by atoms with van der Waals surface area (Å²) in [6.45, 7) is 2.33. The normalized spacial score (nSPS) is 9.94. The predicted octanol–water partition coefficient (Wildman–Crippen LogP) is 2.22. The lowest BCUT2D eigenvalue weighted by molar-refractivity contribution is -0.118. The standard InChI is InChI=1S/C13H17NO3/c1-2-11(16)4-3-7-17-12-6-5-10(9-15)13(14)8-12/h5-6,8-9H,2-4,7,14H2,1H3. The monoisotopic (exact) mass is 235 g/mol. The summed E-state index contributed by atoms with van der Waals surface area (Å²) in [4.78, 5) is 21.6. The van der Waals surface area contributed by atoms with Crippen LogP contribution in [0.25, 0.3) is 0 Å². The van der Waals surface area contributed by atoms with E-state index in [1.807, 2.05) is 6.92 Å². The molecule has 0 saturated carbocycles. The molecule has 0 saturated heterocycles. The molecule has 4 heteroatoms. The Kier molecular flexibility index (Phi) is 5.20. The Labute approximate surface area is 101 Å². The number of ether oxygens (including phenoxy) is 1. The van der Waals surface area contributed by atoms with Gasteiger partial charge >= 0.3 is 0 Å². The van der Waals surface area contributed by atoms with E-state index in [9.17, 15) is 9.59 Å². The second kappa shape index (κ2) is 6.68. The molecule has 1 aromatic rings. The lowest BCUT2D eigenvalue weighted by atomic mass is 10.2. The summed E-state index contributed by atoms with van der Waals surface area (Å²) >= 11 is 0. The highest BCUT2D eigenvalue weighted by molar-refractivity contribution is 5.83. The molecule has 0 spiro atoms. The molecular formula is C13H17NO3. The Balaban J connectivity index is 2.39. The van der Waals surface area contributed by atoms with Crippen molar-refractivity contribution in [2.45, 2.75) is 26.2 Å². The highest BCUT2D eigenvalue weighted by Gasteiger charge is 2.01. The van der Waals surface area contributed by atoms with Crippen LogP contribution in [0.1, 0.15) is 36.5 Å². The number of aldehydes is 1. The smallest absolute Gasteiger partial charge is 0.152 e. The molecule has 0 aliphatic heterocycles. The number of Topliss-reactive ketones (excluding diaryl/α,β-unsaturated/α-hetero) is 1. The zero-order valence-corrected chi connectivity index (χ0v) is 9.94. The van der Waals surface area contributed by atoms with E-state index in [2.05, 4.69) is 0 Å². The molecule has 0 amide bonds. The van der Waals surface area contributed by atoms with E-state index in [1.165, 1.54) is 0 Å². The minimum Gasteiger partial charge on any atom is -0.494 e. The van der Waals surface area contributed by atoms with Crippen LogP contribution in [0, 0.1) is 0 Å². The maximum Gasteiger partial charge on any atom is 0.152 e. The zero-order chi connectivity index (χ0) is 12.7. The fourth-order valence-electron chi connectivity index (χ4n) is 1.39. The summed E-state index contributed by atoms with van der Waals surface area (Å²) in [5, 5.41) is 0. The maximum atomic E-state index is 11.0. The van der Waals surface area contributed by atoms with E-state index in [-0.39, 0.29) is 5.78 Å². The van der Waals surface area contributed by atoms with Gasteiger partial charge in [-0.15, -0.1) is 0 Å². The van der Waals surface area contributed by atoms with E-state index >= 15 is 0 Å². The van der Waals surface area contributed by atoms with Gasteiger partial charge in [-0.05, 0) is 18.6 Å². The molecule has 17 heavy (non-hydrogen) atoms. The molecule has 0 aliphatic carbocycles. The summed E-state index contributed by atoms with van der Waals surface area (Å²) in [5.74, 6) is 0.862. The van der Waals surface area contributed by atoms with Crippen LogP contribution >= 0.6 is 0 Å². The largest absolute Gasteiger partial charge is 0.494 e. The van der Waals surface area contributed by atoms with Gasteiger partial charge in [0.05, 0.1) is 6.61 Å². The Hall–Kier alpha value is -1.84. The van der Waals surface area contributed by atoms with Crippen LogP contribution in [0.3, 0.4) is 0 Å². The minimum absolute atomic E-state index is 0.240. The van der Waals surface area contributed by atoms with Crippen LogP contribution in [0.5, 0.6) is 5.75 Å². The molecule has 0 unspecified atom stereocenters. The first-order valence-corrected chi connectivity index (χ1v) is 5.66. The fourth-order valence-corrected chi connectivity index (χ4v) is 1.39. The summed E-state index contributed by atoms with van der Waals surface area (Å²) in [7, 11) is 0. The van der Waals surface area contributed by atoms with Crippen molar-refractivity contribution < 1.29 is 14.3 Å². The van der Waals surface area contributed by atoms with Crippen molar-refractivity contribution in [3.05, 3.63) is 23.8 Å². The van der Waals surface area contributed by atoms with Gasteiger partial charge in [0.1, 0.15) is 11.5 Å². The topological polar surface area (TPSA) is 69.4 Å². The molecule has 1 rings (SSSR count). The number of anilines is 1. The van der Waals surface area contributed by atoms with Gasteiger partial charge in [0.2, 0.25) is 0 Å². The number of hydrogen-bond acceptors (Lipinski definition) is 4. The second-order valence-electron chi connectivity index (χ2n) is 3.75. The molecule has 0 fully saturated rings. The third-order valence-electron chi connectivity index (χ3n) is 2.45. The molecule has 2 N–H and O–H groups in total. The van der Waals surface area contributed by atoms with Crippen LogP contribution in [0.2, 0.25) is 0 Å². The minimum atomic E-state index is 0.240. The van der Waals surface area contributed by atoms with Crippen molar-refractivity contribution in [1.82, 2.24) is 0 Å². The number of carbonyl (C=O) groups is 2. The van der Waals surface area contributed by atoms with Crippen molar-refractivity contribution in [3.63, 3.8) is 0 Å². The number of carbonyl (C=O) groups excluding carboxylic acids is 2. The Bertz CT molecular complexity index is 402. The number of hydrogen-bond donors (Lipinski definition) is 1. The van der Waals surface area contributed by atoms with Gasteiger partial charge in [0.15, 0.2) is 6.29 Å².